The highest BCUT2D eigenvalue weighted by Crippen LogP contribution is 2.35. The molecule has 0 spiro atoms. The number of halogens is 5. The molecule has 4 rings (SSSR count). The molecule has 14 heteroatoms. The summed E-state index contributed by atoms with van der Waals surface area (Å²) in [6.45, 7) is 2.79. The van der Waals surface area contributed by atoms with E-state index in [0.29, 0.717) is 61.3 Å². The van der Waals surface area contributed by atoms with Gasteiger partial charge in [-0.2, -0.15) is 23.4 Å². The Bertz CT molecular complexity index is 1490. The second kappa shape index (κ2) is 13.4. The molecule has 0 radical (unpaired) electrons. The number of nitrogens with one attached hydrogen (secondary N) is 2. The van der Waals surface area contributed by atoms with Crippen LogP contribution in [0.3, 0.4) is 0 Å². The molecule has 4 aromatic rings. The van der Waals surface area contributed by atoms with E-state index in [2.05, 4.69) is 20.4 Å². The molecule has 0 fully saturated rings. The minimum absolute atomic E-state index is 0.0265. The average Bonchev–Trinajstić information content (AvgIpc) is 3.54. The van der Waals surface area contributed by atoms with Crippen LogP contribution in [0.4, 0.5) is 22.0 Å². The van der Waals surface area contributed by atoms with E-state index in [-0.39, 0.29) is 30.2 Å². The van der Waals surface area contributed by atoms with Crippen molar-refractivity contribution in [3.05, 3.63) is 76.6 Å². The van der Waals surface area contributed by atoms with Crippen LogP contribution in [-0.4, -0.2) is 70.5 Å². The van der Waals surface area contributed by atoms with Crippen LogP contribution in [0, 0.1) is 11.6 Å². The van der Waals surface area contributed by atoms with Gasteiger partial charge in [-0.05, 0) is 44.4 Å². The lowest BCUT2D eigenvalue weighted by molar-refractivity contribution is -0.139. The summed E-state index contributed by atoms with van der Waals surface area (Å²) < 4.78 is 74.4. The van der Waals surface area contributed by atoms with Gasteiger partial charge in [0.15, 0.2) is 11.6 Å². The van der Waals surface area contributed by atoms with Gasteiger partial charge in [-0.3, -0.25) is 10.2 Å². The van der Waals surface area contributed by atoms with Crippen molar-refractivity contribution in [3.63, 3.8) is 0 Å². The van der Waals surface area contributed by atoms with Gasteiger partial charge in [-0.15, -0.1) is 0 Å². The maximum Gasteiger partial charge on any atom is 0.419 e. The van der Waals surface area contributed by atoms with Crippen molar-refractivity contribution < 1.29 is 26.7 Å². The van der Waals surface area contributed by atoms with Crippen LogP contribution in [0.15, 0.2) is 42.6 Å². The summed E-state index contributed by atoms with van der Waals surface area (Å²) in [6, 6.07) is 7.10. The largest absolute Gasteiger partial charge is 0.484 e. The van der Waals surface area contributed by atoms with Crippen molar-refractivity contribution in [2.45, 2.75) is 25.9 Å². The van der Waals surface area contributed by atoms with Gasteiger partial charge in [-0.1, -0.05) is 6.07 Å². The Morgan fingerprint density at radius 2 is 1.57 bits per heavy atom. The predicted molar refractivity (Wildman–Crippen MR) is 148 cm³/mol. The standard InChI is InChI=1S/C28H33F5N8O/c1-40(9-7-34)14-19-13-36-38-26(19)18-4-6-22(29)25(12-18)42-16-24-20(15-41(2)10-8-35)27(39-37-24)17-3-5-21(23(30)11-17)28(31,32)33/h3-6,11-13H,7-10,14-16,34-35H2,1-2H3,(H,36,38)(H,37,39). The topological polar surface area (TPSA) is 125 Å². The number of aromatic amines is 2. The first-order valence-corrected chi connectivity index (χ1v) is 13.2. The van der Waals surface area contributed by atoms with Gasteiger partial charge in [0.25, 0.3) is 0 Å². The first-order valence-electron chi connectivity index (χ1n) is 13.2. The summed E-state index contributed by atoms with van der Waals surface area (Å²) in [5, 5.41) is 14.2. The maximum absolute atomic E-state index is 14.8. The number of aromatic nitrogens is 4. The highest BCUT2D eigenvalue weighted by atomic mass is 19.4. The van der Waals surface area contributed by atoms with Crippen LogP contribution in [-0.2, 0) is 25.9 Å². The molecule has 0 bridgehead atoms. The molecule has 2 aromatic heterocycles. The Labute approximate surface area is 239 Å². The smallest absolute Gasteiger partial charge is 0.419 e. The zero-order chi connectivity index (χ0) is 30.4. The van der Waals surface area contributed by atoms with Gasteiger partial charge in [0.05, 0.1) is 28.8 Å². The molecule has 0 aliphatic rings. The molecule has 0 saturated heterocycles. The summed E-state index contributed by atoms with van der Waals surface area (Å²) in [7, 11) is 3.74. The number of alkyl halides is 3. The predicted octanol–water partition coefficient (Wildman–Crippen LogP) is 4.12. The second-order valence-electron chi connectivity index (χ2n) is 9.98. The van der Waals surface area contributed by atoms with Gasteiger partial charge in [0.1, 0.15) is 12.4 Å². The van der Waals surface area contributed by atoms with Gasteiger partial charge in [-0.25, -0.2) is 8.78 Å². The van der Waals surface area contributed by atoms with Crippen molar-refractivity contribution in [1.29, 1.82) is 0 Å². The number of nitrogens with zero attached hydrogens (tertiary/aromatic N) is 4. The summed E-state index contributed by atoms with van der Waals surface area (Å²) in [5.74, 6) is -2.03. The molecule has 2 aromatic carbocycles. The highest BCUT2D eigenvalue weighted by Gasteiger charge is 2.34. The minimum atomic E-state index is -4.83. The Hall–Kier alpha value is -3.85. The van der Waals surface area contributed by atoms with E-state index in [1.165, 1.54) is 6.07 Å². The molecule has 42 heavy (non-hydrogen) atoms. The second-order valence-corrected chi connectivity index (χ2v) is 9.98. The minimum Gasteiger partial charge on any atom is -0.484 e. The van der Waals surface area contributed by atoms with Crippen LogP contribution < -0.4 is 16.2 Å². The van der Waals surface area contributed by atoms with Crippen molar-refractivity contribution in [2.75, 3.05) is 40.3 Å². The number of likely N-dealkylation sites (N-methyl/N-ethyl adjacent to an activating group) is 2. The number of nitrogens with two attached hydrogens (primary N) is 2. The number of ether oxygens (including phenoxy) is 1. The Balaban J connectivity index is 1.61. The lowest BCUT2D eigenvalue weighted by atomic mass is 10.0. The maximum atomic E-state index is 14.8. The van der Waals surface area contributed by atoms with Gasteiger partial charge in [0.2, 0.25) is 0 Å². The lowest BCUT2D eigenvalue weighted by Crippen LogP contribution is -2.25. The van der Waals surface area contributed by atoms with E-state index < -0.39 is 23.4 Å². The molecule has 0 aliphatic heterocycles. The highest BCUT2D eigenvalue weighted by molar-refractivity contribution is 5.66. The first-order chi connectivity index (χ1) is 20.0. The molecule has 226 valence electrons. The third kappa shape index (κ3) is 7.31. The third-order valence-corrected chi connectivity index (χ3v) is 6.70. The summed E-state index contributed by atoms with van der Waals surface area (Å²) in [5.41, 5.74) is 13.6. The number of rotatable bonds is 13. The van der Waals surface area contributed by atoms with Crippen LogP contribution in [0.5, 0.6) is 5.75 Å². The number of benzene rings is 2. The monoisotopic (exact) mass is 592 g/mol. The van der Waals surface area contributed by atoms with Crippen molar-refractivity contribution in [2.24, 2.45) is 11.5 Å². The first kappa shape index (κ1) is 31.1. The zero-order valence-electron chi connectivity index (χ0n) is 23.2. The summed E-state index contributed by atoms with van der Waals surface area (Å²) in [6.07, 6.45) is -3.13. The van der Waals surface area contributed by atoms with Crippen molar-refractivity contribution >= 4 is 0 Å². The van der Waals surface area contributed by atoms with Crippen molar-refractivity contribution in [1.82, 2.24) is 30.2 Å². The quantitative estimate of drug-likeness (QED) is 0.172. The average molecular weight is 593 g/mol. The fourth-order valence-electron chi connectivity index (χ4n) is 4.58. The molecule has 0 aliphatic carbocycles. The van der Waals surface area contributed by atoms with E-state index in [1.54, 1.807) is 25.4 Å². The van der Waals surface area contributed by atoms with Crippen molar-refractivity contribution in [3.8, 4) is 28.3 Å². The van der Waals surface area contributed by atoms with E-state index in [4.69, 9.17) is 16.2 Å². The molecule has 9 nitrogen and oxygen atoms in total. The lowest BCUT2D eigenvalue weighted by Gasteiger charge is -2.17. The van der Waals surface area contributed by atoms with E-state index in [9.17, 15) is 22.0 Å². The molecular formula is C28H33F5N8O. The third-order valence-electron chi connectivity index (χ3n) is 6.70. The van der Waals surface area contributed by atoms with Gasteiger partial charge < -0.3 is 26.0 Å². The van der Waals surface area contributed by atoms with Crippen LogP contribution >= 0.6 is 0 Å². The number of H-pyrrole nitrogens is 2. The summed E-state index contributed by atoms with van der Waals surface area (Å²) >= 11 is 0. The SMILES string of the molecule is CN(CCN)Cc1cn[nH]c1-c1ccc(F)c(OCc2[nH]nc(-c3ccc(C(F)(F)F)c(F)c3)c2CN(C)CCN)c1. The van der Waals surface area contributed by atoms with Crippen LogP contribution in [0.25, 0.3) is 22.5 Å². The number of hydrogen-bond donors (Lipinski definition) is 4. The fraction of sp³-hybridized carbons (Fsp3) is 0.357. The Morgan fingerprint density at radius 1 is 0.881 bits per heavy atom. The molecule has 0 amide bonds. The Kier molecular flexibility index (Phi) is 9.93. The molecule has 2 heterocycles. The van der Waals surface area contributed by atoms with Crippen LogP contribution in [0.1, 0.15) is 22.4 Å². The van der Waals surface area contributed by atoms with Crippen LogP contribution in [0.2, 0.25) is 0 Å². The molecule has 0 atom stereocenters. The molecular weight excluding hydrogens is 559 g/mol. The van der Waals surface area contributed by atoms with Gasteiger partial charge in [0, 0.05) is 61.5 Å². The number of hydrogen-bond acceptors (Lipinski definition) is 7. The molecule has 0 unspecified atom stereocenters. The molecule has 0 saturated carbocycles. The fourth-order valence-corrected chi connectivity index (χ4v) is 4.58. The summed E-state index contributed by atoms with van der Waals surface area (Å²) in [4.78, 5) is 3.91. The van der Waals surface area contributed by atoms with E-state index >= 15 is 0 Å². The molecule has 6 N–H and O–H groups in total. The van der Waals surface area contributed by atoms with E-state index in [0.717, 1.165) is 17.7 Å². The van der Waals surface area contributed by atoms with E-state index in [1.807, 2.05) is 16.8 Å². The Morgan fingerprint density at radius 3 is 2.24 bits per heavy atom. The zero-order valence-corrected chi connectivity index (χ0v) is 23.2. The normalized spacial score (nSPS) is 12.1. The van der Waals surface area contributed by atoms with Gasteiger partial charge >= 0.3 is 6.18 Å².